The molecule has 0 aliphatic carbocycles. The maximum atomic E-state index is 12.1. The van der Waals surface area contributed by atoms with Crippen LogP contribution in [0.3, 0.4) is 0 Å². The number of nitrogen functional groups attached to an aromatic ring is 1. The molecule has 2 aromatic carbocycles. The number of hydrogen-bond acceptors (Lipinski definition) is 5. The van der Waals surface area contributed by atoms with Gasteiger partial charge in [-0.05, 0) is 59.9 Å². The summed E-state index contributed by atoms with van der Waals surface area (Å²) in [5, 5.41) is 6.30. The van der Waals surface area contributed by atoms with Gasteiger partial charge in [0.1, 0.15) is 5.82 Å². The first-order chi connectivity index (χ1) is 14.7. The number of anilines is 3. The van der Waals surface area contributed by atoms with Crippen LogP contribution in [-0.4, -0.2) is 24.6 Å². The standard InChI is InChI=1S/C24H28N4O2/c1-30-14-3-2-12-23(29)28-21-10-5-9-20(16-21)19-8-4-7-18(15-19)17-27-22-11-6-13-26-24(22)25/h4-11,13,15-16,27H,2-3,12,14,17H2,1H3,(H2,25,26)(H,28,29). The van der Waals surface area contributed by atoms with E-state index in [1.807, 2.05) is 42.5 Å². The Bertz CT molecular complexity index is 975. The van der Waals surface area contributed by atoms with Crippen LogP contribution in [-0.2, 0) is 16.1 Å². The number of nitrogens with two attached hydrogens (primary N) is 1. The first-order valence-corrected chi connectivity index (χ1v) is 10.1. The molecule has 0 saturated carbocycles. The summed E-state index contributed by atoms with van der Waals surface area (Å²) in [4.78, 5) is 16.2. The van der Waals surface area contributed by atoms with Crippen molar-refractivity contribution in [2.45, 2.75) is 25.8 Å². The first-order valence-electron chi connectivity index (χ1n) is 10.1. The van der Waals surface area contributed by atoms with Gasteiger partial charge in [-0.3, -0.25) is 4.79 Å². The topological polar surface area (TPSA) is 89.3 Å². The number of methoxy groups -OCH3 is 1. The molecule has 3 rings (SSSR count). The van der Waals surface area contributed by atoms with E-state index in [0.717, 1.165) is 40.9 Å². The molecule has 0 fully saturated rings. The maximum absolute atomic E-state index is 12.1. The predicted molar refractivity (Wildman–Crippen MR) is 122 cm³/mol. The van der Waals surface area contributed by atoms with Gasteiger partial charge < -0.3 is 21.1 Å². The van der Waals surface area contributed by atoms with Gasteiger partial charge in [-0.1, -0.05) is 30.3 Å². The number of amides is 1. The molecule has 1 amide bonds. The van der Waals surface area contributed by atoms with Crippen molar-refractivity contribution in [1.82, 2.24) is 4.98 Å². The molecule has 0 radical (unpaired) electrons. The zero-order chi connectivity index (χ0) is 21.2. The molecule has 0 aliphatic heterocycles. The molecular formula is C24H28N4O2. The number of nitrogens with zero attached hydrogens (tertiary/aromatic N) is 1. The summed E-state index contributed by atoms with van der Waals surface area (Å²) in [6, 6.07) is 20.0. The van der Waals surface area contributed by atoms with Gasteiger partial charge in [0.25, 0.3) is 0 Å². The Labute approximate surface area is 177 Å². The minimum atomic E-state index is 0.0234. The van der Waals surface area contributed by atoms with E-state index in [0.29, 0.717) is 25.4 Å². The fraction of sp³-hybridized carbons (Fsp3) is 0.250. The predicted octanol–water partition coefficient (Wildman–Crippen LogP) is 4.70. The van der Waals surface area contributed by atoms with Crippen molar-refractivity contribution in [3.8, 4) is 11.1 Å². The zero-order valence-electron chi connectivity index (χ0n) is 17.2. The highest BCUT2D eigenvalue weighted by Gasteiger charge is 2.05. The van der Waals surface area contributed by atoms with Crippen molar-refractivity contribution in [2.24, 2.45) is 0 Å². The Hall–Kier alpha value is -3.38. The molecule has 1 aromatic heterocycles. The number of ether oxygens (including phenoxy) is 1. The average molecular weight is 405 g/mol. The van der Waals surface area contributed by atoms with Crippen LogP contribution in [0.25, 0.3) is 11.1 Å². The van der Waals surface area contributed by atoms with Crippen molar-refractivity contribution in [1.29, 1.82) is 0 Å². The number of pyridine rings is 1. The van der Waals surface area contributed by atoms with E-state index in [4.69, 9.17) is 10.5 Å². The van der Waals surface area contributed by atoms with E-state index >= 15 is 0 Å². The second-order valence-corrected chi connectivity index (χ2v) is 7.07. The van der Waals surface area contributed by atoms with Crippen LogP contribution in [0.15, 0.2) is 66.9 Å². The van der Waals surface area contributed by atoms with Gasteiger partial charge in [0.15, 0.2) is 0 Å². The molecule has 0 atom stereocenters. The molecule has 6 heteroatoms. The zero-order valence-corrected chi connectivity index (χ0v) is 17.2. The molecule has 30 heavy (non-hydrogen) atoms. The molecule has 0 saturated heterocycles. The van der Waals surface area contributed by atoms with Gasteiger partial charge in [0.2, 0.25) is 5.91 Å². The molecule has 0 spiro atoms. The van der Waals surface area contributed by atoms with Gasteiger partial charge in [-0.25, -0.2) is 4.98 Å². The highest BCUT2D eigenvalue weighted by atomic mass is 16.5. The lowest BCUT2D eigenvalue weighted by Crippen LogP contribution is -2.11. The van der Waals surface area contributed by atoms with E-state index < -0.39 is 0 Å². The number of benzene rings is 2. The largest absolute Gasteiger partial charge is 0.385 e. The third-order valence-corrected chi connectivity index (χ3v) is 4.73. The Kier molecular flexibility index (Phi) is 7.80. The molecule has 3 aromatic rings. The number of hydrogen-bond donors (Lipinski definition) is 3. The van der Waals surface area contributed by atoms with Crippen LogP contribution in [0.5, 0.6) is 0 Å². The summed E-state index contributed by atoms with van der Waals surface area (Å²) in [6.07, 6.45) is 3.87. The summed E-state index contributed by atoms with van der Waals surface area (Å²) in [7, 11) is 1.67. The normalized spacial score (nSPS) is 10.6. The van der Waals surface area contributed by atoms with Gasteiger partial charge in [0.05, 0.1) is 5.69 Å². The van der Waals surface area contributed by atoms with Crippen molar-refractivity contribution in [3.05, 3.63) is 72.4 Å². The number of carbonyl (C=O) groups excluding carboxylic acids is 1. The number of nitrogens with one attached hydrogen (secondary N) is 2. The van der Waals surface area contributed by atoms with Crippen LogP contribution < -0.4 is 16.4 Å². The van der Waals surface area contributed by atoms with E-state index in [1.165, 1.54) is 0 Å². The Balaban J connectivity index is 1.63. The van der Waals surface area contributed by atoms with Crippen LogP contribution in [0.4, 0.5) is 17.2 Å². The summed E-state index contributed by atoms with van der Waals surface area (Å²) in [5.74, 6) is 0.509. The van der Waals surface area contributed by atoms with Crippen molar-refractivity contribution < 1.29 is 9.53 Å². The molecule has 4 N–H and O–H groups in total. The Morgan fingerprint density at radius 3 is 2.63 bits per heavy atom. The number of rotatable bonds is 10. The van der Waals surface area contributed by atoms with Crippen LogP contribution in [0.2, 0.25) is 0 Å². The second kappa shape index (κ2) is 11.0. The van der Waals surface area contributed by atoms with Gasteiger partial charge in [-0.15, -0.1) is 0 Å². The van der Waals surface area contributed by atoms with Gasteiger partial charge >= 0.3 is 0 Å². The van der Waals surface area contributed by atoms with Crippen molar-refractivity contribution >= 4 is 23.1 Å². The fourth-order valence-electron chi connectivity index (χ4n) is 3.16. The summed E-state index contributed by atoms with van der Waals surface area (Å²) >= 11 is 0. The first kappa shape index (κ1) is 21.3. The van der Waals surface area contributed by atoms with Crippen molar-refractivity contribution in [2.75, 3.05) is 30.1 Å². The van der Waals surface area contributed by atoms with E-state index in [-0.39, 0.29) is 5.91 Å². The van der Waals surface area contributed by atoms with Crippen molar-refractivity contribution in [3.63, 3.8) is 0 Å². The lowest BCUT2D eigenvalue weighted by atomic mass is 10.0. The smallest absolute Gasteiger partial charge is 0.224 e. The molecule has 0 unspecified atom stereocenters. The van der Waals surface area contributed by atoms with Crippen LogP contribution >= 0.6 is 0 Å². The molecule has 1 heterocycles. The highest BCUT2D eigenvalue weighted by Crippen LogP contribution is 2.24. The molecule has 0 aliphatic rings. The Morgan fingerprint density at radius 2 is 1.83 bits per heavy atom. The third kappa shape index (κ3) is 6.32. The summed E-state index contributed by atoms with van der Waals surface area (Å²) < 4.78 is 5.02. The summed E-state index contributed by atoms with van der Waals surface area (Å²) in [6.45, 7) is 1.32. The molecular weight excluding hydrogens is 376 g/mol. The van der Waals surface area contributed by atoms with Crippen LogP contribution in [0.1, 0.15) is 24.8 Å². The summed E-state index contributed by atoms with van der Waals surface area (Å²) in [5.41, 5.74) is 10.8. The Morgan fingerprint density at radius 1 is 1.03 bits per heavy atom. The maximum Gasteiger partial charge on any atom is 0.224 e. The minimum Gasteiger partial charge on any atom is -0.385 e. The lowest BCUT2D eigenvalue weighted by Gasteiger charge is -2.11. The SMILES string of the molecule is COCCCCC(=O)Nc1cccc(-c2cccc(CNc3cccnc3N)c2)c1. The number of carbonyl (C=O) groups is 1. The highest BCUT2D eigenvalue weighted by molar-refractivity contribution is 5.91. The molecule has 6 nitrogen and oxygen atoms in total. The third-order valence-electron chi connectivity index (χ3n) is 4.73. The van der Waals surface area contributed by atoms with Crippen LogP contribution in [0, 0.1) is 0 Å². The van der Waals surface area contributed by atoms with E-state index in [9.17, 15) is 4.79 Å². The van der Waals surface area contributed by atoms with E-state index in [2.05, 4.69) is 33.8 Å². The molecule has 156 valence electrons. The molecule has 0 bridgehead atoms. The minimum absolute atomic E-state index is 0.0234. The fourth-order valence-corrected chi connectivity index (χ4v) is 3.16. The van der Waals surface area contributed by atoms with E-state index in [1.54, 1.807) is 13.3 Å². The van der Waals surface area contributed by atoms with Gasteiger partial charge in [0, 0.05) is 38.6 Å². The van der Waals surface area contributed by atoms with Gasteiger partial charge in [-0.2, -0.15) is 0 Å². The monoisotopic (exact) mass is 404 g/mol. The quantitative estimate of drug-likeness (QED) is 0.426. The average Bonchev–Trinajstić information content (AvgIpc) is 2.77. The number of aromatic nitrogens is 1. The second-order valence-electron chi connectivity index (χ2n) is 7.07. The number of unbranched alkanes of at least 4 members (excludes halogenated alkanes) is 1. The lowest BCUT2D eigenvalue weighted by molar-refractivity contribution is -0.116.